The Hall–Kier alpha value is -0.0800. The minimum absolute atomic E-state index is 0.496. The van der Waals surface area contributed by atoms with Gasteiger partial charge in [-0.05, 0) is 44.6 Å². The van der Waals surface area contributed by atoms with Crippen LogP contribution in [-0.2, 0) is 4.74 Å². The van der Waals surface area contributed by atoms with Crippen molar-refractivity contribution in [1.82, 2.24) is 5.32 Å². The first kappa shape index (κ1) is 13.4. The second-order valence-electron chi connectivity index (χ2n) is 5.85. The summed E-state index contributed by atoms with van der Waals surface area (Å²) in [7, 11) is 0. The molecule has 0 aromatic heterocycles. The highest BCUT2D eigenvalue weighted by atomic mass is 16.5. The Morgan fingerprint density at radius 2 is 1.88 bits per heavy atom. The van der Waals surface area contributed by atoms with E-state index in [0.717, 1.165) is 19.1 Å². The van der Waals surface area contributed by atoms with Gasteiger partial charge in [0.2, 0.25) is 0 Å². The van der Waals surface area contributed by atoms with Crippen LogP contribution in [0, 0.1) is 5.92 Å². The molecule has 1 aliphatic heterocycles. The predicted octanol–water partition coefficient (Wildman–Crippen LogP) is 3.50. The lowest BCUT2D eigenvalue weighted by molar-refractivity contribution is -0.0124. The molecule has 1 aliphatic carbocycles. The van der Waals surface area contributed by atoms with E-state index in [1.54, 1.807) is 0 Å². The van der Waals surface area contributed by atoms with Gasteiger partial charge in [0.25, 0.3) is 0 Å². The maximum atomic E-state index is 5.98. The molecule has 1 N–H and O–H groups in total. The molecule has 0 radical (unpaired) electrons. The third-order valence-electron chi connectivity index (χ3n) is 4.38. The Kier molecular flexibility index (Phi) is 5.79. The Labute approximate surface area is 107 Å². The van der Waals surface area contributed by atoms with Crippen LogP contribution in [0.2, 0.25) is 0 Å². The zero-order valence-corrected chi connectivity index (χ0v) is 11.4. The Balaban J connectivity index is 1.81. The van der Waals surface area contributed by atoms with Crippen molar-refractivity contribution >= 4 is 0 Å². The largest absolute Gasteiger partial charge is 0.377 e. The fourth-order valence-electron chi connectivity index (χ4n) is 3.38. The highest BCUT2D eigenvalue weighted by Crippen LogP contribution is 2.30. The van der Waals surface area contributed by atoms with Crippen LogP contribution in [0.1, 0.15) is 64.7 Å². The van der Waals surface area contributed by atoms with Gasteiger partial charge in [-0.3, -0.25) is 0 Å². The molecule has 100 valence electrons. The van der Waals surface area contributed by atoms with Gasteiger partial charge in [0.05, 0.1) is 6.10 Å². The first-order valence-electron chi connectivity index (χ1n) is 7.75. The Morgan fingerprint density at radius 1 is 1.12 bits per heavy atom. The van der Waals surface area contributed by atoms with Crippen molar-refractivity contribution in [1.29, 1.82) is 0 Å². The zero-order valence-electron chi connectivity index (χ0n) is 11.4. The zero-order chi connectivity index (χ0) is 11.9. The molecule has 2 rings (SSSR count). The van der Waals surface area contributed by atoms with E-state index in [4.69, 9.17) is 4.74 Å². The highest BCUT2D eigenvalue weighted by molar-refractivity contribution is 4.83. The molecule has 0 bridgehead atoms. The maximum absolute atomic E-state index is 5.98. The van der Waals surface area contributed by atoms with Gasteiger partial charge in [-0.1, -0.05) is 32.6 Å². The molecule has 2 atom stereocenters. The van der Waals surface area contributed by atoms with Crippen LogP contribution in [0.5, 0.6) is 0 Å². The second-order valence-corrected chi connectivity index (χ2v) is 5.85. The van der Waals surface area contributed by atoms with Crippen molar-refractivity contribution in [3.8, 4) is 0 Å². The summed E-state index contributed by atoms with van der Waals surface area (Å²) in [6.45, 7) is 4.39. The molecule has 0 aromatic carbocycles. The monoisotopic (exact) mass is 239 g/mol. The number of nitrogens with one attached hydrogen (secondary N) is 1. The van der Waals surface area contributed by atoms with Crippen LogP contribution in [0.15, 0.2) is 0 Å². The second kappa shape index (κ2) is 7.38. The molecule has 17 heavy (non-hydrogen) atoms. The summed E-state index contributed by atoms with van der Waals surface area (Å²) >= 11 is 0. The molecule has 0 amide bonds. The van der Waals surface area contributed by atoms with Crippen LogP contribution in [0.4, 0.5) is 0 Å². The molecule has 2 heteroatoms. The van der Waals surface area contributed by atoms with E-state index < -0.39 is 0 Å². The summed E-state index contributed by atoms with van der Waals surface area (Å²) in [4.78, 5) is 0. The summed E-state index contributed by atoms with van der Waals surface area (Å²) in [6.07, 6.45) is 12.8. The molecule has 2 unspecified atom stereocenters. The molecular formula is C15H29NO. The van der Waals surface area contributed by atoms with Gasteiger partial charge in [-0.15, -0.1) is 0 Å². The van der Waals surface area contributed by atoms with Gasteiger partial charge in [0.15, 0.2) is 0 Å². The van der Waals surface area contributed by atoms with Crippen LogP contribution in [0.25, 0.3) is 0 Å². The maximum Gasteiger partial charge on any atom is 0.0728 e. The van der Waals surface area contributed by atoms with Gasteiger partial charge in [-0.25, -0.2) is 0 Å². The van der Waals surface area contributed by atoms with Gasteiger partial charge in [0.1, 0.15) is 0 Å². The van der Waals surface area contributed by atoms with E-state index >= 15 is 0 Å². The number of ether oxygens (including phenoxy) is 1. The first-order valence-corrected chi connectivity index (χ1v) is 7.75. The molecule has 1 saturated heterocycles. The fourth-order valence-corrected chi connectivity index (χ4v) is 3.38. The molecule has 0 aromatic rings. The van der Waals surface area contributed by atoms with Gasteiger partial charge in [-0.2, -0.15) is 0 Å². The molecule has 1 saturated carbocycles. The van der Waals surface area contributed by atoms with E-state index in [1.165, 1.54) is 57.8 Å². The van der Waals surface area contributed by atoms with Crippen LogP contribution < -0.4 is 5.32 Å². The smallest absolute Gasteiger partial charge is 0.0728 e. The van der Waals surface area contributed by atoms with Crippen molar-refractivity contribution in [3.63, 3.8) is 0 Å². The molecular weight excluding hydrogens is 210 g/mol. The van der Waals surface area contributed by atoms with Gasteiger partial charge < -0.3 is 10.1 Å². The molecule has 0 spiro atoms. The Bertz CT molecular complexity index is 195. The predicted molar refractivity (Wildman–Crippen MR) is 72.2 cm³/mol. The third kappa shape index (κ3) is 4.26. The Morgan fingerprint density at radius 3 is 2.53 bits per heavy atom. The van der Waals surface area contributed by atoms with Crippen LogP contribution in [0.3, 0.4) is 0 Å². The minimum Gasteiger partial charge on any atom is -0.377 e. The number of hydrogen-bond acceptors (Lipinski definition) is 2. The molecule has 2 fully saturated rings. The third-order valence-corrected chi connectivity index (χ3v) is 4.38. The molecule has 2 nitrogen and oxygen atoms in total. The van der Waals surface area contributed by atoms with Crippen molar-refractivity contribution < 1.29 is 4.74 Å². The van der Waals surface area contributed by atoms with E-state index in [0.29, 0.717) is 12.1 Å². The summed E-state index contributed by atoms with van der Waals surface area (Å²) in [6, 6.07) is 0.623. The lowest BCUT2D eigenvalue weighted by atomic mass is 9.91. The van der Waals surface area contributed by atoms with Crippen LogP contribution in [-0.4, -0.2) is 25.3 Å². The SMILES string of the molecule is CCCNC(CC1CCCC1)C1CCCCO1. The van der Waals surface area contributed by atoms with Gasteiger partial charge >= 0.3 is 0 Å². The summed E-state index contributed by atoms with van der Waals surface area (Å²) < 4.78 is 5.98. The number of rotatable bonds is 6. The lowest BCUT2D eigenvalue weighted by Crippen LogP contribution is -2.44. The quantitative estimate of drug-likeness (QED) is 0.766. The van der Waals surface area contributed by atoms with E-state index in [1.807, 2.05) is 0 Å². The average molecular weight is 239 g/mol. The molecule has 2 aliphatic rings. The fraction of sp³-hybridized carbons (Fsp3) is 1.00. The topological polar surface area (TPSA) is 21.3 Å². The number of hydrogen-bond donors (Lipinski definition) is 1. The van der Waals surface area contributed by atoms with Crippen molar-refractivity contribution in [2.24, 2.45) is 5.92 Å². The summed E-state index contributed by atoms with van der Waals surface area (Å²) in [5, 5.41) is 3.74. The van der Waals surface area contributed by atoms with E-state index in [-0.39, 0.29) is 0 Å². The van der Waals surface area contributed by atoms with E-state index in [2.05, 4.69) is 12.2 Å². The average Bonchev–Trinajstić information content (AvgIpc) is 2.88. The van der Waals surface area contributed by atoms with Crippen LogP contribution >= 0.6 is 0 Å². The van der Waals surface area contributed by atoms with Gasteiger partial charge in [0, 0.05) is 12.6 Å². The normalized spacial score (nSPS) is 28.4. The van der Waals surface area contributed by atoms with Crippen molar-refractivity contribution in [2.75, 3.05) is 13.2 Å². The lowest BCUT2D eigenvalue weighted by Gasteiger charge is -2.32. The minimum atomic E-state index is 0.496. The van der Waals surface area contributed by atoms with E-state index in [9.17, 15) is 0 Å². The highest BCUT2D eigenvalue weighted by Gasteiger charge is 2.27. The van der Waals surface area contributed by atoms with Crippen molar-refractivity contribution in [2.45, 2.75) is 76.9 Å². The summed E-state index contributed by atoms with van der Waals surface area (Å²) in [5.74, 6) is 0.967. The first-order chi connectivity index (χ1) is 8.40. The standard InChI is InChI=1S/C15H29NO/c1-2-10-16-14(12-13-7-3-4-8-13)15-9-5-6-11-17-15/h13-16H,2-12H2,1H3. The molecule has 1 heterocycles. The summed E-state index contributed by atoms with van der Waals surface area (Å²) in [5.41, 5.74) is 0. The van der Waals surface area contributed by atoms with Crippen molar-refractivity contribution in [3.05, 3.63) is 0 Å².